The number of nitro benzene ring substituents is 1. The average molecular weight is 549 g/mol. The Kier molecular flexibility index (Phi) is 9.12. The van der Waals surface area contributed by atoms with Crippen molar-refractivity contribution in [2.24, 2.45) is 21.2 Å². The molecule has 0 amide bonds. The molecular weight excluding hydrogens is 516 g/mol. The Morgan fingerprint density at radius 3 is 2.15 bits per heavy atom. The second-order valence-corrected chi connectivity index (χ2v) is 9.07. The maximum absolute atomic E-state index is 11.5. The van der Waals surface area contributed by atoms with Crippen LogP contribution in [-0.2, 0) is 19.4 Å². The topological polar surface area (TPSA) is 146 Å². The van der Waals surface area contributed by atoms with Gasteiger partial charge in [-0.2, -0.15) is 0 Å². The van der Waals surface area contributed by atoms with Crippen LogP contribution in [0.4, 0.5) is 11.4 Å². The van der Waals surface area contributed by atoms with E-state index >= 15 is 0 Å². The Bertz CT molecular complexity index is 1420. The highest BCUT2D eigenvalue weighted by Gasteiger charge is 2.22. The van der Waals surface area contributed by atoms with E-state index < -0.39 is 4.92 Å². The zero-order chi connectivity index (χ0) is 28.6. The lowest BCUT2D eigenvalue weighted by Crippen LogP contribution is -2.32. The zero-order valence-corrected chi connectivity index (χ0v) is 22.9. The van der Waals surface area contributed by atoms with E-state index in [0.29, 0.717) is 5.69 Å². The minimum absolute atomic E-state index is 0.0508. The molecule has 1 aliphatic rings. The molecular formula is C28H32N6O6. The number of ether oxygens (including phenoxy) is 4. The zero-order valence-electron chi connectivity index (χ0n) is 22.9. The van der Waals surface area contributed by atoms with Gasteiger partial charge in [0.15, 0.2) is 28.8 Å². The van der Waals surface area contributed by atoms with Crippen LogP contribution in [0.5, 0.6) is 23.0 Å². The molecule has 0 unspecified atom stereocenters. The van der Waals surface area contributed by atoms with Crippen molar-refractivity contribution in [1.29, 1.82) is 0 Å². The van der Waals surface area contributed by atoms with E-state index in [1.54, 1.807) is 14.2 Å². The summed E-state index contributed by atoms with van der Waals surface area (Å²) in [6.07, 6.45) is 1.85. The standard InChI is InChI=1S/C28H32N6O6/c1-37-24-13-19-10-12-33(17-20(19)14-25(24)38-2)11-9-18-5-7-21(8-6-18)30-32-31-28(29)22-15-26(39-3)27(40-4)16-23(22)34(35)36/h5-8,13-16H,9-12,17H2,1-4H3,(H2,29,30,31). The van der Waals surface area contributed by atoms with Crippen molar-refractivity contribution in [3.8, 4) is 23.0 Å². The fourth-order valence-electron chi connectivity index (χ4n) is 4.55. The first kappa shape index (κ1) is 28.3. The predicted octanol–water partition coefficient (Wildman–Crippen LogP) is 4.63. The quantitative estimate of drug-likeness (QED) is 0.120. The fraction of sp³-hybridized carbons (Fsp3) is 0.321. The average Bonchev–Trinajstić information content (AvgIpc) is 2.98. The summed E-state index contributed by atoms with van der Waals surface area (Å²) in [4.78, 5) is 13.4. The minimum atomic E-state index is -0.577. The van der Waals surface area contributed by atoms with Gasteiger partial charge in [0, 0.05) is 25.7 Å². The molecule has 0 saturated carbocycles. The molecule has 210 valence electrons. The van der Waals surface area contributed by atoms with Crippen LogP contribution in [0.25, 0.3) is 0 Å². The van der Waals surface area contributed by atoms with Crippen LogP contribution in [0.2, 0.25) is 0 Å². The third-order valence-corrected chi connectivity index (χ3v) is 6.74. The normalized spacial score (nSPS) is 13.7. The van der Waals surface area contributed by atoms with Gasteiger partial charge in [0.25, 0.3) is 5.69 Å². The molecule has 12 nitrogen and oxygen atoms in total. The summed E-state index contributed by atoms with van der Waals surface area (Å²) in [6, 6.07) is 14.4. The summed E-state index contributed by atoms with van der Waals surface area (Å²) in [7, 11) is 6.12. The van der Waals surface area contributed by atoms with Crippen LogP contribution in [0.3, 0.4) is 0 Å². The lowest BCUT2D eigenvalue weighted by molar-refractivity contribution is -0.385. The summed E-state index contributed by atoms with van der Waals surface area (Å²) >= 11 is 0. The maximum atomic E-state index is 11.5. The second-order valence-electron chi connectivity index (χ2n) is 9.07. The lowest BCUT2D eigenvalue weighted by Gasteiger charge is -2.29. The number of methoxy groups -OCH3 is 4. The molecule has 3 aromatic rings. The summed E-state index contributed by atoms with van der Waals surface area (Å²) in [5.41, 5.74) is 10.1. The van der Waals surface area contributed by atoms with Crippen molar-refractivity contribution in [3.05, 3.63) is 80.9 Å². The van der Waals surface area contributed by atoms with Gasteiger partial charge >= 0.3 is 0 Å². The Labute approximate surface area is 232 Å². The largest absolute Gasteiger partial charge is 0.493 e. The number of nitrogens with zero attached hydrogens (tertiary/aromatic N) is 5. The van der Waals surface area contributed by atoms with E-state index in [0.717, 1.165) is 44.0 Å². The van der Waals surface area contributed by atoms with Crippen molar-refractivity contribution in [1.82, 2.24) is 4.90 Å². The van der Waals surface area contributed by atoms with Crippen molar-refractivity contribution < 1.29 is 23.9 Å². The van der Waals surface area contributed by atoms with Crippen LogP contribution < -0.4 is 24.7 Å². The van der Waals surface area contributed by atoms with Gasteiger partial charge in [0.05, 0.1) is 45.1 Å². The number of nitro groups is 1. The van der Waals surface area contributed by atoms with Gasteiger partial charge in [-0.1, -0.05) is 12.1 Å². The molecule has 0 fully saturated rings. The Hall–Kier alpha value is -4.71. The number of hydrogen-bond acceptors (Lipinski definition) is 9. The van der Waals surface area contributed by atoms with Crippen LogP contribution in [-0.4, -0.2) is 57.2 Å². The maximum Gasteiger partial charge on any atom is 0.284 e. The number of amidine groups is 1. The van der Waals surface area contributed by atoms with E-state index in [2.05, 4.69) is 32.5 Å². The number of rotatable bonds is 11. The van der Waals surface area contributed by atoms with Gasteiger partial charge < -0.3 is 24.7 Å². The van der Waals surface area contributed by atoms with Crippen molar-refractivity contribution in [3.63, 3.8) is 0 Å². The molecule has 40 heavy (non-hydrogen) atoms. The Balaban J connectivity index is 1.37. The van der Waals surface area contributed by atoms with Crippen LogP contribution in [0, 0.1) is 10.1 Å². The minimum Gasteiger partial charge on any atom is -0.493 e. The second kappa shape index (κ2) is 12.9. The fourth-order valence-corrected chi connectivity index (χ4v) is 4.55. The summed E-state index contributed by atoms with van der Waals surface area (Å²) in [6.45, 7) is 2.76. The van der Waals surface area contributed by atoms with E-state index in [9.17, 15) is 10.1 Å². The first-order valence-electron chi connectivity index (χ1n) is 12.6. The molecule has 12 heteroatoms. The first-order valence-corrected chi connectivity index (χ1v) is 12.6. The smallest absolute Gasteiger partial charge is 0.284 e. The first-order chi connectivity index (χ1) is 19.4. The molecule has 1 heterocycles. The van der Waals surface area contributed by atoms with Crippen LogP contribution in [0.1, 0.15) is 22.3 Å². The van der Waals surface area contributed by atoms with E-state index in [1.807, 2.05) is 24.3 Å². The third kappa shape index (κ3) is 6.46. The number of hydrogen-bond donors (Lipinski definition) is 1. The summed E-state index contributed by atoms with van der Waals surface area (Å²) < 4.78 is 21.2. The van der Waals surface area contributed by atoms with E-state index in [1.165, 1.54) is 43.0 Å². The van der Waals surface area contributed by atoms with Gasteiger partial charge in [-0.25, -0.2) is 0 Å². The Morgan fingerprint density at radius 1 is 0.925 bits per heavy atom. The monoisotopic (exact) mass is 548 g/mol. The number of fused-ring (bicyclic) bond motifs is 1. The van der Waals surface area contributed by atoms with Gasteiger partial charge in [-0.3, -0.25) is 15.0 Å². The van der Waals surface area contributed by atoms with Crippen molar-refractivity contribution in [2.45, 2.75) is 19.4 Å². The van der Waals surface area contributed by atoms with Gasteiger partial charge in [0.2, 0.25) is 0 Å². The molecule has 1 aliphatic heterocycles. The van der Waals surface area contributed by atoms with E-state index in [4.69, 9.17) is 24.7 Å². The molecule has 0 bridgehead atoms. The molecule has 0 aromatic heterocycles. The number of nitrogens with two attached hydrogens (primary N) is 1. The van der Waals surface area contributed by atoms with Crippen molar-refractivity contribution >= 4 is 17.2 Å². The highest BCUT2D eigenvalue weighted by Crippen LogP contribution is 2.35. The third-order valence-electron chi connectivity index (χ3n) is 6.74. The van der Waals surface area contributed by atoms with Crippen molar-refractivity contribution in [2.75, 3.05) is 41.5 Å². The molecule has 3 aromatic carbocycles. The van der Waals surface area contributed by atoms with Crippen LogP contribution in [0.15, 0.2) is 64.0 Å². The van der Waals surface area contributed by atoms with Gasteiger partial charge in [-0.05, 0) is 59.0 Å². The summed E-state index contributed by atoms with van der Waals surface area (Å²) in [5, 5.41) is 23.2. The number of benzene rings is 3. The van der Waals surface area contributed by atoms with Gasteiger partial charge in [-0.15, -0.1) is 10.2 Å². The molecule has 0 spiro atoms. The predicted molar refractivity (Wildman–Crippen MR) is 150 cm³/mol. The molecule has 0 radical (unpaired) electrons. The lowest BCUT2D eigenvalue weighted by atomic mass is 9.98. The SMILES string of the molecule is COc1cc2c(cc1OC)CN(CCc1ccc(N=NN=C(N)c3cc(OC)c(OC)cc3[N+](=O)[O-])cc1)CC2. The highest BCUT2D eigenvalue weighted by molar-refractivity contribution is 6.01. The van der Waals surface area contributed by atoms with Gasteiger partial charge in [0.1, 0.15) is 5.56 Å². The molecule has 2 N–H and O–H groups in total. The van der Waals surface area contributed by atoms with E-state index in [-0.39, 0.29) is 28.6 Å². The molecule has 4 rings (SSSR count). The van der Waals surface area contributed by atoms with Crippen LogP contribution >= 0.6 is 0 Å². The Morgan fingerprint density at radius 2 is 1.52 bits per heavy atom. The molecule has 0 atom stereocenters. The highest BCUT2D eigenvalue weighted by atomic mass is 16.6. The summed E-state index contributed by atoms with van der Waals surface area (Å²) in [5.74, 6) is 1.83. The molecule has 0 aliphatic carbocycles. The molecule has 0 saturated heterocycles.